The first-order chi connectivity index (χ1) is 9.81. The molecule has 2 aromatic rings. The van der Waals surface area contributed by atoms with Crippen LogP contribution in [-0.4, -0.2) is 21.2 Å². The van der Waals surface area contributed by atoms with Gasteiger partial charge in [-0.2, -0.15) is 0 Å². The molecular formula is C14H15N3OS2. The number of thioether (sulfide) groups is 1. The minimum absolute atomic E-state index is 0.0706. The van der Waals surface area contributed by atoms with Crippen molar-refractivity contribution in [2.75, 3.05) is 5.32 Å². The number of hydrogen-bond donors (Lipinski definition) is 1. The smallest absolute Gasteiger partial charge is 0.210 e. The summed E-state index contributed by atoms with van der Waals surface area (Å²) in [4.78, 5) is 11.8. The Hall–Kier alpha value is -1.40. The fourth-order valence-corrected chi connectivity index (χ4v) is 4.29. The Kier molecular flexibility index (Phi) is 4.32. The maximum atomic E-state index is 11.8. The van der Waals surface area contributed by atoms with Crippen LogP contribution in [0.15, 0.2) is 34.7 Å². The second-order valence-corrected chi connectivity index (χ2v) is 7.11. The zero-order valence-corrected chi connectivity index (χ0v) is 12.5. The molecular weight excluding hydrogens is 290 g/mol. The Morgan fingerprint density at radius 2 is 2.05 bits per heavy atom. The number of carbonyl (C=O) groups excluding carboxylic acids is 1. The van der Waals surface area contributed by atoms with Gasteiger partial charge in [0.15, 0.2) is 4.34 Å². The summed E-state index contributed by atoms with van der Waals surface area (Å²) in [6.45, 7) is 0. The minimum Gasteiger partial charge on any atom is -0.330 e. The van der Waals surface area contributed by atoms with Crippen LogP contribution in [0.3, 0.4) is 0 Å². The molecule has 1 aromatic carbocycles. The van der Waals surface area contributed by atoms with Gasteiger partial charge in [0.25, 0.3) is 0 Å². The van der Waals surface area contributed by atoms with Gasteiger partial charge in [0.2, 0.25) is 5.13 Å². The van der Waals surface area contributed by atoms with Gasteiger partial charge >= 0.3 is 0 Å². The molecule has 104 valence electrons. The standard InChI is InChI=1S/C14H15N3OS2/c18-11-8-4-5-9-12(11)19-14-17-16-13(20-14)15-10-6-2-1-3-7-10/h1-3,6-7,12H,4-5,8-9H2,(H,15,16)/t12-/m1/s1. The molecule has 0 aliphatic heterocycles. The van der Waals surface area contributed by atoms with E-state index >= 15 is 0 Å². The lowest BCUT2D eigenvalue weighted by Crippen LogP contribution is -2.21. The highest BCUT2D eigenvalue weighted by molar-refractivity contribution is 8.02. The van der Waals surface area contributed by atoms with Crippen LogP contribution < -0.4 is 5.32 Å². The molecule has 1 atom stereocenters. The number of nitrogens with one attached hydrogen (secondary N) is 1. The number of Topliss-reactive ketones (excluding diaryl/α,β-unsaturated/α-hetero) is 1. The van der Waals surface area contributed by atoms with Gasteiger partial charge < -0.3 is 5.32 Å². The summed E-state index contributed by atoms with van der Waals surface area (Å²) < 4.78 is 0.865. The van der Waals surface area contributed by atoms with Crippen molar-refractivity contribution in [1.82, 2.24) is 10.2 Å². The molecule has 1 N–H and O–H groups in total. The van der Waals surface area contributed by atoms with Gasteiger partial charge in [-0.05, 0) is 25.0 Å². The number of nitrogens with zero attached hydrogens (tertiary/aromatic N) is 2. The Morgan fingerprint density at radius 3 is 2.85 bits per heavy atom. The average molecular weight is 305 g/mol. The zero-order chi connectivity index (χ0) is 13.8. The summed E-state index contributed by atoms with van der Waals surface area (Å²) in [7, 11) is 0. The van der Waals surface area contributed by atoms with Gasteiger partial charge in [0.1, 0.15) is 5.78 Å². The zero-order valence-electron chi connectivity index (χ0n) is 10.9. The Labute approximate surface area is 126 Å². The summed E-state index contributed by atoms with van der Waals surface area (Å²) in [5.74, 6) is 0.356. The van der Waals surface area contributed by atoms with Crippen LogP contribution in [0.5, 0.6) is 0 Å². The summed E-state index contributed by atoms with van der Waals surface area (Å²) in [6, 6.07) is 9.89. The van der Waals surface area contributed by atoms with Crippen molar-refractivity contribution in [2.24, 2.45) is 0 Å². The van der Waals surface area contributed by atoms with E-state index < -0.39 is 0 Å². The fraction of sp³-hybridized carbons (Fsp3) is 0.357. The van der Waals surface area contributed by atoms with Gasteiger partial charge in [-0.3, -0.25) is 4.79 Å². The SMILES string of the molecule is O=C1CCCC[C@H]1Sc1nnc(Nc2ccccc2)s1. The first-order valence-electron chi connectivity index (χ1n) is 6.66. The fourth-order valence-electron chi connectivity index (χ4n) is 2.15. The lowest BCUT2D eigenvalue weighted by molar-refractivity contribution is -0.119. The summed E-state index contributed by atoms with van der Waals surface area (Å²) >= 11 is 3.06. The molecule has 0 radical (unpaired) electrons. The highest BCUT2D eigenvalue weighted by Crippen LogP contribution is 2.35. The largest absolute Gasteiger partial charge is 0.330 e. The number of carbonyl (C=O) groups is 1. The van der Waals surface area contributed by atoms with E-state index in [1.165, 1.54) is 11.3 Å². The third-order valence-electron chi connectivity index (χ3n) is 3.17. The number of benzene rings is 1. The maximum Gasteiger partial charge on any atom is 0.210 e. The molecule has 1 aliphatic rings. The van der Waals surface area contributed by atoms with E-state index in [2.05, 4.69) is 15.5 Å². The van der Waals surface area contributed by atoms with Crippen LogP contribution in [0, 0.1) is 0 Å². The van der Waals surface area contributed by atoms with Gasteiger partial charge in [-0.25, -0.2) is 0 Å². The Morgan fingerprint density at radius 1 is 1.20 bits per heavy atom. The van der Waals surface area contributed by atoms with Crippen molar-refractivity contribution in [3.05, 3.63) is 30.3 Å². The first kappa shape index (κ1) is 13.6. The highest BCUT2D eigenvalue weighted by Gasteiger charge is 2.24. The van der Waals surface area contributed by atoms with E-state index in [9.17, 15) is 4.79 Å². The molecule has 0 amide bonds. The van der Waals surface area contributed by atoms with E-state index in [-0.39, 0.29) is 5.25 Å². The number of rotatable bonds is 4. The molecule has 1 fully saturated rings. The van der Waals surface area contributed by atoms with Gasteiger partial charge in [-0.15, -0.1) is 10.2 Å². The van der Waals surface area contributed by atoms with Crippen LogP contribution in [0.1, 0.15) is 25.7 Å². The highest BCUT2D eigenvalue weighted by atomic mass is 32.2. The second-order valence-electron chi connectivity index (χ2n) is 4.68. The first-order valence-corrected chi connectivity index (χ1v) is 8.36. The molecule has 1 aliphatic carbocycles. The molecule has 1 heterocycles. The Balaban J connectivity index is 1.63. The van der Waals surface area contributed by atoms with Crippen molar-refractivity contribution >= 4 is 39.7 Å². The van der Waals surface area contributed by atoms with Crippen LogP contribution in [0.25, 0.3) is 0 Å². The molecule has 20 heavy (non-hydrogen) atoms. The monoisotopic (exact) mass is 305 g/mol. The van der Waals surface area contributed by atoms with Crippen molar-refractivity contribution in [2.45, 2.75) is 35.3 Å². The number of anilines is 2. The molecule has 0 unspecified atom stereocenters. The van der Waals surface area contributed by atoms with Crippen LogP contribution >= 0.6 is 23.1 Å². The molecule has 6 heteroatoms. The molecule has 1 saturated carbocycles. The predicted molar refractivity (Wildman–Crippen MR) is 82.8 cm³/mol. The average Bonchev–Trinajstić information content (AvgIpc) is 2.90. The predicted octanol–water partition coefficient (Wildman–Crippen LogP) is 3.89. The van der Waals surface area contributed by atoms with E-state index in [4.69, 9.17) is 0 Å². The van der Waals surface area contributed by atoms with E-state index in [1.54, 1.807) is 11.8 Å². The van der Waals surface area contributed by atoms with Crippen molar-refractivity contribution in [1.29, 1.82) is 0 Å². The molecule has 1 aromatic heterocycles. The third kappa shape index (κ3) is 3.37. The third-order valence-corrected chi connectivity index (χ3v) is 5.41. The number of hydrogen-bond acceptors (Lipinski definition) is 6. The van der Waals surface area contributed by atoms with E-state index in [0.29, 0.717) is 12.2 Å². The normalized spacial score (nSPS) is 19.0. The van der Waals surface area contributed by atoms with Crippen LogP contribution in [-0.2, 0) is 4.79 Å². The van der Waals surface area contributed by atoms with Crippen LogP contribution in [0.2, 0.25) is 0 Å². The molecule has 0 bridgehead atoms. The lowest BCUT2D eigenvalue weighted by Gasteiger charge is -2.17. The summed E-state index contributed by atoms with van der Waals surface area (Å²) in [5, 5.41) is 12.3. The molecule has 4 nitrogen and oxygen atoms in total. The van der Waals surface area contributed by atoms with Crippen LogP contribution in [0.4, 0.5) is 10.8 Å². The topological polar surface area (TPSA) is 54.9 Å². The van der Waals surface area contributed by atoms with Gasteiger partial charge in [-0.1, -0.05) is 47.7 Å². The summed E-state index contributed by atoms with van der Waals surface area (Å²) in [5.41, 5.74) is 0.994. The summed E-state index contributed by atoms with van der Waals surface area (Å²) in [6.07, 6.45) is 3.85. The Bertz CT molecular complexity index is 585. The van der Waals surface area contributed by atoms with Crippen molar-refractivity contribution < 1.29 is 4.79 Å². The second kappa shape index (κ2) is 6.37. The van der Waals surface area contributed by atoms with Crippen molar-refractivity contribution in [3.63, 3.8) is 0 Å². The minimum atomic E-state index is 0.0706. The van der Waals surface area contributed by atoms with E-state index in [0.717, 1.165) is 34.4 Å². The van der Waals surface area contributed by atoms with E-state index in [1.807, 2.05) is 30.3 Å². The number of ketones is 1. The molecule has 3 rings (SSSR count). The molecule has 0 saturated heterocycles. The lowest BCUT2D eigenvalue weighted by atomic mass is 9.99. The quantitative estimate of drug-likeness (QED) is 0.929. The number of para-hydroxylation sites is 1. The number of aromatic nitrogens is 2. The molecule has 0 spiro atoms. The van der Waals surface area contributed by atoms with Gasteiger partial charge in [0, 0.05) is 12.1 Å². The maximum absolute atomic E-state index is 11.8. The van der Waals surface area contributed by atoms with Gasteiger partial charge in [0.05, 0.1) is 5.25 Å². The van der Waals surface area contributed by atoms with Crippen molar-refractivity contribution in [3.8, 4) is 0 Å².